The zero-order valence-electron chi connectivity index (χ0n) is 17.6. The van der Waals surface area contributed by atoms with Crippen LogP contribution in [-0.4, -0.2) is 51.4 Å². The van der Waals surface area contributed by atoms with E-state index in [9.17, 15) is 9.59 Å². The summed E-state index contributed by atoms with van der Waals surface area (Å²) in [6, 6.07) is 16.5. The minimum Gasteiger partial charge on any atom is -0.481 e. The number of hydrogen-bond donors (Lipinski definition) is 2. The molecule has 3 aromatic rings. The summed E-state index contributed by atoms with van der Waals surface area (Å²) in [5, 5.41) is 3.74. The number of rotatable bonds is 7. The molecule has 2 heterocycles. The molecule has 7 heteroatoms. The molecule has 0 radical (unpaired) electrons. The topological polar surface area (TPSA) is 82.2 Å². The van der Waals surface area contributed by atoms with Gasteiger partial charge in [0, 0.05) is 17.5 Å². The Morgan fingerprint density at radius 2 is 1.90 bits per heavy atom. The van der Waals surface area contributed by atoms with E-state index in [1.54, 1.807) is 19.1 Å². The lowest BCUT2D eigenvalue weighted by atomic mass is 10.0. The highest BCUT2D eigenvalue weighted by atomic mass is 16.5. The normalized spacial score (nSPS) is 15.5. The van der Waals surface area contributed by atoms with Crippen LogP contribution >= 0.6 is 0 Å². The summed E-state index contributed by atoms with van der Waals surface area (Å²) in [6.45, 7) is 6.64. The molecule has 1 saturated heterocycles. The Bertz CT molecular complexity index is 1090. The van der Waals surface area contributed by atoms with Crippen molar-refractivity contribution in [1.82, 2.24) is 5.32 Å². The SMILES string of the molecule is C[C@@H](Oc1ccc2c(-c3ccccc3)cc(=O)oc2c1)C(=O)NCC[NH+]1CCOCC1. The minimum atomic E-state index is -0.666. The average Bonchev–Trinajstić information content (AvgIpc) is 2.79. The fourth-order valence-electron chi connectivity index (χ4n) is 3.75. The van der Waals surface area contributed by atoms with Crippen LogP contribution in [0.2, 0.25) is 0 Å². The van der Waals surface area contributed by atoms with E-state index in [-0.39, 0.29) is 5.91 Å². The number of ether oxygens (including phenoxy) is 2. The third kappa shape index (κ3) is 5.31. The summed E-state index contributed by atoms with van der Waals surface area (Å²) in [6.07, 6.45) is -0.666. The highest BCUT2D eigenvalue weighted by Gasteiger charge is 2.18. The zero-order chi connectivity index (χ0) is 21.6. The van der Waals surface area contributed by atoms with Crippen molar-refractivity contribution >= 4 is 16.9 Å². The molecule has 162 valence electrons. The predicted molar refractivity (Wildman–Crippen MR) is 117 cm³/mol. The van der Waals surface area contributed by atoms with E-state index in [4.69, 9.17) is 13.9 Å². The van der Waals surface area contributed by atoms with E-state index < -0.39 is 11.7 Å². The second kappa shape index (κ2) is 9.76. The number of amides is 1. The van der Waals surface area contributed by atoms with Crippen molar-refractivity contribution in [1.29, 1.82) is 0 Å². The van der Waals surface area contributed by atoms with E-state index in [1.807, 2.05) is 36.4 Å². The number of morpholine rings is 1. The Morgan fingerprint density at radius 1 is 1.13 bits per heavy atom. The molecule has 0 saturated carbocycles. The first-order chi connectivity index (χ1) is 15.1. The maximum absolute atomic E-state index is 12.4. The third-order valence-corrected chi connectivity index (χ3v) is 5.46. The zero-order valence-corrected chi connectivity index (χ0v) is 17.6. The van der Waals surface area contributed by atoms with Crippen LogP contribution in [0.15, 0.2) is 63.8 Å². The maximum Gasteiger partial charge on any atom is 0.336 e. The Balaban J connectivity index is 1.42. The summed E-state index contributed by atoms with van der Waals surface area (Å²) < 4.78 is 16.5. The van der Waals surface area contributed by atoms with Crippen molar-refractivity contribution in [3.8, 4) is 16.9 Å². The van der Waals surface area contributed by atoms with Gasteiger partial charge in [-0.15, -0.1) is 0 Å². The van der Waals surface area contributed by atoms with Crippen LogP contribution in [0, 0.1) is 0 Å². The van der Waals surface area contributed by atoms with Crippen molar-refractivity contribution in [2.45, 2.75) is 13.0 Å². The molecule has 0 spiro atoms. The smallest absolute Gasteiger partial charge is 0.336 e. The van der Waals surface area contributed by atoms with Gasteiger partial charge in [0.25, 0.3) is 5.91 Å². The van der Waals surface area contributed by atoms with Crippen LogP contribution < -0.4 is 20.6 Å². The van der Waals surface area contributed by atoms with Crippen LogP contribution in [0.1, 0.15) is 6.92 Å². The second-order valence-corrected chi connectivity index (χ2v) is 7.67. The number of carbonyl (C=O) groups excluding carboxylic acids is 1. The van der Waals surface area contributed by atoms with Gasteiger partial charge >= 0.3 is 5.63 Å². The molecule has 1 amide bonds. The average molecular weight is 423 g/mol. The summed E-state index contributed by atoms with van der Waals surface area (Å²) in [5.74, 6) is 0.301. The quantitative estimate of drug-likeness (QED) is 0.559. The Morgan fingerprint density at radius 3 is 2.68 bits per heavy atom. The highest BCUT2D eigenvalue weighted by molar-refractivity contribution is 5.93. The summed E-state index contributed by atoms with van der Waals surface area (Å²) >= 11 is 0. The first-order valence-corrected chi connectivity index (χ1v) is 10.6. The molecule has 0 aliphatic carbocycles. The van der Waals surface area contributed by atoms with E-state index in [1.165, 1.54) is 11.0 Å². The monoisotopic (exact) mass is 423 g/mol. The molecular weight excluding hydrogens is 396 g/mol. The summed E-state index contributed by atoms with van der Waals surface area (Å²) in [7, 11) is 0. The molecule has 2 N–H and O–H groups in total. The molecule has 1 aliphatic rings. The molecule has 0 bridgehead atoms. The van der Waals surface area contributed by atoms with E-state index in [0.29, 0.717) is 17.9 Å². The number of fused-ring (bicyclic) bond motifs is 1. The summed E-state index contributed by atoms with van der Waals surface area (Å²) in [4.78, 5) is 25.9. The van der Waals surface area contributed by atoms with Gasteiger partial charge in [0.15, 0.2) is 6.10 Å². The van der Waals surface area contributed by atoms with E-state index in [2.05, 4.69) is 5.32 Å². The van der Waals surface area contributed by atoms with Gasteiger partial charge < -0.3 is 24.1 Å². The van der Waals surface area contributed by atoms with E-state index >= 15 is 0 Å². The minimum absolute atomic E-state index is 0.174. The van der Waals surface area contributed by atoms with Gasteiger partial charge in [-0.05, 0) is 30.2 Å². The predicted octanol–water partition coefficient (Wildman–Crippen LogP) is 1.26. The van der Waals surface area contributed by atoms with Crippen molar-refractivity contribution < 1.29 is 23.6 Å². The number of quaternary nitrogens is 1. The molecule has 1 aliphatic heterocycles. The standard InChI is InChI=1S/C24H26N2O5/c1-17(24(28)25-9-10-26-11-13-29-14-12-26)30-19-7-8-20-21(18-5-3-2-4-6-18)16-23(27)31-22(20)15-19/h2-8,15-17H,9-14H2,1H3,(H,25,28)/p+1/t17-/m1/s1. The third-order valence-electron chi connectivity index (χ3n) is 5.46. The van der Waals surface area contributed by atoms with Gasteiger partial charge in [0.1, 0.15) is 24.4 Å². The Hall–Kier alpha value is -3.16. The van der Waals surface area contributed by atoms with Gasteiger partial charge in [-0.25, -0.2) is 4.79 Å². The van der Waals surface area contributed by atoms with E-state index in [0.717, 1.165) is 49.4 Å². The van der Waals surface area contributed by atoms with Gasteiger partial charge in [0.2, 0.25) is 0 Å². The van der Waals surface area contributed by atoms with Gasteiger partial charge in [0.05, 0.1) is 26.3 Å². The van der Waals surface area contributed by atoms with Crippen LogP contribution in [0.4, 0.5) is 0 Å². The van der Waals surface area contributed by atoms with Crippen LogP contribution in [0.5, 0.6) is 5.75 Å². The molecule has 2 aromatic carbocycles. The van der Waals surface area contributed by atoms with Gasteiger partial charge in [-0.1, -0.05) is 30.3 Å². The van der Waals surface area contributed by atoms with Crippen molar-refractivity contribution in [2.24, 2.45) is 0 Å². The molecule has 1 atom stereocenters. The van der Waals surface area contributed by atoms with Crippen LogP contribution in [-0.2, 0) is 9.53 Å². The fourth-order valence-corrected chi connectivity index (χ4v) is 3.75. The van der Waals surface area contributed by atoms with Crippen molar-refractivity contribution in [3.63, 3.8) is 0 Å². The fraction of sp³-hybridized carbons (Fsp3) is 0.333. The first-order valence-electron chi connectivity index (χ1n) is 10.6. The Labute approximate surface area is 180 Å². The van der Waals surface area contributed by atoms with Gasteiger partial charge in [-0.2, -0.15) is 0 Å². The molecule has 1 fully saturated rings. The number of hydrogen-bond acceptors (Lipinski definition) is 5. The van der Waals surface area contributed by atoms with Crippen LogP contribution in [0.3, 0.4) is 0 Å². The number of carbonyl (C=O) groups is 1. The molecule has 4 rings (SSSR count). The molecule has 1 aromatic heterocycles. The Kier molecular flexibility index (Phi) is 6.64. The summed E-state index contributed by atoms with van der Waals surface area (Å²) in [5.41, 5.74) is 1.73. The lowest BCUT2D eigenvalue weighted by Crippen LogP contribution is -3.14. The lowest BCUT2D eigenvalue weighted by Gasteiger charge is -2.24. The maximum atomic E-state index is 12.4. The molecule has 7 nitrogen and oxygen atoms in total. The first kappa shape index (κ1) is 21.1. The van der Waals surface area contributed by atoms with Crippen molar-refractivity contribution in [3.05, 3.63) is 65.0 Å². The lowest BCUT2D eigenvalue weighted by molar-refractivity contribution is -0.906. The molecule has 31 heavy (non-hydrogen) atoms. The second-order valence-electron chi connectivity index (χ2n) is 7.67. The van der Waals surface area contributed by atoms with Gasteiger partial charge in [-0.3, -0.25) is 4.79 Å². The highest BCUT2D eigenvalue weighted by Crippen LogP contribution is 2.29. The molecular formula is C24H27N2O5+. The molecule has 0 unspecified atom stereocenters. The van der Waals surface area contributed by atoms with Crippen molar-refractivity contribution in [2.75, 3.05) is 39.4 Å². The van der Waals surface area contributed by atoms with Crippen LogP contribution in [0.25, 0.3) is 22.1 Å². The largest absolute Gasteiger partial charge is 0.481 e. The number of benzene rings is 2. The number of nitrogens with one attached hydrogen (secondary N) is 2.